The van der Waals surface area contributed by atoms with Crippen LogP contribution in [0.5, 0.6) is 11.5 Å². The lowest BCUT2D eigenvalue weighted by atomic mass is 9.94. The Balaban J connectivity index is 1.44. The SMILES string of the molecule is COc1ccc(OC)c(-c2noc(N3CCN(C4CCCCC4)CC3)n2)c1. The Kier molecular flexibility index (Phi) is 5.48. The molecule has 0 unspecified atom stereocenters. The Hall–Kier alpha value is -2.28. The summed E-state index contributed by atoms with van der Waals surface area (Å²) in [5.41, 5.74) is 0.771. The normalized spacial score (nSPS) is 19.3. The fraction of sp³-hybridized carbons (Fsp3) is 0.600. The summed E-state index contributed by atoms with van der Waals surface area (Å²) in [4.78, 5) is 9.44. The van der Waals surface area contributed by atoms with Crippen LogP contribution >= 0.6 is 0 Å². The molecule has 0 atom stereocenters. The molecule has 2 aromatic rings. The van der Waals surface area contributed by atoms with Crippen LogP contribution < -0.4 is 14.4 Å². The number of benzene rings is 1. The third-order valence-corrected chi connectivity index (χ3v) is 5.74. The highest BCUT2D eigenvalue weighted by atomic mass is 16.5. The van der Waals surface area contributed by atoms with Gasteiger partial charge in [-0.15, -0.1) is 0 Å². The number of rotatable bonds is 5. The number of piperazine rings is 1. The van der Waals surface area contributed by atoms with Gasteiger partial charge >= 0.3 is 6.01 Å². The molecule has 4 rings (SSSR count). The fourth-order valence-corrected chi connectivity index (χ4v) is 4.17. The van der Waals surface area contributed by atoms with Gasteiger partial charge in [-0.2, -0.15) is 4.98 Å². The highest BCUT2D eigenvalue weighted by Crippen LogP contribution is 2.33. The molecule has 0 spiro atoms. The van der Waals surface area contributed by atoms with Crippen LogP contribution in [0.15, 0.2) is 22.7 Å². The minimum Gasteiger partial charge on any atom is -0.497 e. The zero-order valence-electron chi connectivity index (χ0n) is 16.2. The van der Waals surface area contributed by atoms with Crippen LogP contribution in [0, 0.1) is 0 Å². The van der Waals surface area contributed by atoms with Crippen molar-refractivity contribution in [3.63, 3.8) is 0 Å². The fourth-order valence-electron chi connectivity index (χ4n) is 4.17. The van der Waals surface area contributed by atoms with E-state index in [1.807, 2.05) is 18.2 Å². The van der Waals surface area contributed by atoms with E-state index in [0.717, 1.165) is 43.5 Å². The van der Waals surface area contributed by atoms with Gasteiger partial charge in [0.05, 0.1) is 19.8 Å². The highest BCUT2D eigenvalue weighted by molar-refractivity contribution is 5.66. The number of ether oxygens (including phenoxy) is 2. The molecule has 0 bridgehead atoms. The molecule has 2 fully saturated rings. The van der Waals surface area contributed by atoms with E-state index in [1.165, 1.54) is 32.1 Å². The summed E-state index contributed by atoms with van der Waals surface area (Å²) < 4.78 is 16.3. The molecule has 1 aromatic carbocycles. The first-order chi connectivity index (χ1) is 13.3. The average Bonchev–Trinajstić information content (AvgIpc) is 3.24. The first-order valence-corrected chi connectivity index (χ1v) is 9.83. The second-order valence-corrected chi connectivity index (χ2v) is 7.28. The standard InChI is InChI=1S/C20H28N4O3/c1-25-16-8-9-18(26-2)17(14-16)19-21-20(27-22-19)24-12-10-23(11-13-24)15-6-4-3-5-7-15/h8-9,14-15H,3-7,10-13H2,1-2H3. The molecule has 146 valence electrons. The molecule has 0 amide bonds. The van der Waals surface area contributed by atoms with Gasteiger partial charge in [-0.1, -0.05) is 24.4 Å². The number of methoxy groups -OCH3 is 2. The molecule has 1 saturated carbocycles. The maximum Gasteiger partial charge on any atom is 0.324 e. The number of hydrogen-bond donors (Lipinski definition) is 0. The second-order valence-electron chi connectivity index (χ2n) is 7.28. The molecule has 7 nitrogen and oxygen atoms in total. The number of nitrogens with zero attached hydrogens (tertiary/aromatic N) is 4. The van der Waals surface area contributed by atoms with Crippen molar-refractivity contribution in [2.45, 2.75) is 38.1 Å². The zero-order chi connectivity index (χ0) is 18.6. The van der Waals surface area contributed by atoms with Gasteiger partial charge in [0.25, 0.3) is 0 Å². The maximum absolute atomic E-state index is 5.56. The summed E-state index contributed by atoms with van der Waals surface area (Å²) in [6.07, 6.45) is 6.84. The third-order valence-electron chi connectivity index (χ3n) is 5.74. The van der Waals surface area contributed by atoms with E-state index in [1.54, 1.807) is 14.2 Å². The molecule has 0 N–H and O–H groups in total. The summed E-state index contributed by atoms with van der Waals surface area (Å²) in [6.45, 7) is 3.97. The average molecular weight is 372 g/mol. The van der Waals surface area contributed by atoms with Gasteiger partial charge in [0.15, 0.2) is 0 Å². The van der Waals surface area contributed by atoms with Crippen molar-refractivity contribution in [3.8, 4) is 22.9 Å². The molecular formula is C20H28N4O3. The monoisotopic (exact) mass is 372 g/mol. The molecule has 2 heterocycles. The molecule has 2 aliphatic rings. The second kappa shape index (κ2) is 8.17. The minimum atomic E-state index is 0.524. The minimum absolute atomic E-state index is 0.524. The number of anilines is 1. The summed E-state index contributed by atoms with van der Waals surface area (Å²) in [7, 11) is 3.27. The molecule has 1 aliphatic carbocycles. The predicted molar refractivity (Wildman–Crippen MR) is 103 cm³/mol. The summed E-state index contributed by atoms with van der Waals surface area (Å²) in [6, 6.07) is 6.92. The first-order valence-electron chi connectivity index (χ1n) is 9.83. The van der Waals surface area contributed by atoms with Crippen LogP contribution in [-0.4, -0.2) is 61.5 Å². The van der Waals surface area contributed by atoms with Crippen LogP contribution in [0.4, 0.5) is 6.01 Å². The zero-order valence-corrected chi connectivity index (χ0v) is 16.2. The molecule has 7 heteroatoms. The lowest BCUT2D eigenvalue weighted by Crippen LogP contribution is -2.51. The third kappa shape index (κ3) is 3.88. The Morgan fingerprint density at radius 1 is 1.00 bits per heavy atom. The maximum atomic E-state index is 5.56. The van der Waals surface area contributed by atoms with Crippen molar-refractivity contribution < 1.29 is 14.0 Å². The van der Waals surface area contributed by atoms with Gasteiger partial charge in [0.1, 0.15) is 11.5 Å². The van der Waals surface area contributed by atoms with Crippen molar-refractivity contribution in [1.82, 2.24) is 15.0 Å². The Labute approximate surface area is 160 Å². The molecule has 1 saturated heterocycles. The van der Waals surface area contributed by atoms with Crippen LogP contribution in [0.3, 0.4) is 0 Å². The molecular weight excluding hydrogens is 344 g/mol. The Bertz CT molecular complexity index is 749. The largest absolute Gasteiger partial charge is 0.497 e. The lowest BCUT2D eigenvalue weighted by Gasteiger charge is -2.40. The molecule has 1 aliphatic heterocycles. The van der Waals surface area contributed by atoms with E-state index in [2.05, 4.69) is 19.9 Å². The van der Waals surface area contributed by atoms with Gasteiger partial charge in [0, 0.05) is 32.2 Å². The smallest absolute Gasteiger partial charge is 0.324 e. The molecule has 1 aromatic heterocycles. The van der Waals surface area contributed by atoms with Crippen molar-refractivity contribution in [2.24, 2.45) is 0 Å². The van der Waals surface area contributed by atoms with Crippen molar-refractivity contribution in [3.05, 3.63) is 18.2 Å². The van der Waals surface area contributed by atoms with Gasteiger partial charge < -0.3 is 18.9 Å². The van der Waals surface area contributed by atoms with Crippen molar-refractivity contribution >= 4 is 6.01 Å². The van der Waals surface area contributed by atoms with E-state index >= 15 is 0 Å². The van der Waals surface area contributed by atoms with Gasteiger partial charge in [-0.25, -0.2) is 0 Å². The van der Waals surface area contributed by atoms with Crippen LogP contribution in [0.1, 0.15) is 32.1 Å². The van der Waals surface area contributed by atoms with E-state index in [4.69, 9.17) is 14.0 Å². The quantitative estimate of drug-likeness (QED) is 0.798. The van der Waals surface area contributed by atoms with Crippen molar-refractivity contribution in [2.75, 3.05) is 45.3 Å². The van der Waals surface area contributed by atoms with Gasteiger partial charge in [-0.3, -0.25) is 4.90 Å². The number of aromatic nitrogens is 2. The first kappa shape index (κ1) is 18.1. The van der Waals surface area contributed by atoms with E-state index in [9.17, 15) is 0 Å². The van der Waals surface area contributed by atoms with E-state index in [-0.39, 0.29) is 0 Å². The molecule has 27 heavy (non-hydrogen) atoms. The van der Waals surface area contributed by atoms with Crippen LogP contribution in [0.25, 0.3) is 11.4 Å². The van der Waals surface area contributed by atoms with E-state index in [0.29, 0.717) is 17.6 Å². The number of hydrogen-bond acceptors (Lipinski definition) is 7. The van der Waals surface area contributed by atoms with Gasteiger partial charge in [0.2, 0.25) is 5.82 Å². The predicted octanol–water partition coefficient (Wildman–Crippen LogP) is 3.21. The summed E-state index contributed by atoms with van der Waals surface area (Å²) in [5, 5.41) is 4.18. The Morgan fingerprint density at radius 2 is 1.78 bits per heavy atom. The van der Waals surface area contributed by atoms with Gasteiger partial charge in [-0.05, 0) is 31.0 Å². The summed E-state index contributed by atoms with van der Waals surface area (Å²) in [5.74, 6) is 1.96. The lowest BCUT2D eigenvalue weighted by molar-refractivity contribution is 0.145. The van der Waals surface area contributed by atoms with E-state index < -0.39 is 0 Å². The molecule has 0 radical (unpaired) electrons. The van der Waals surface area contributed by atoms with Crippen LogP contribution in [-0.2, 0) is 0 Å². The van der Waals surface area contributed by atoms with Crippen molar-refractivity contribution in [1.29, 1.82) is 0 Å². The topological polar surface area (TPSA) is 63.9 Å². The van der Waals surface area contributed by atoms with Crippen LogP contribution in [0.2, 0.25) is 0 Å². The highest BCUT2D eigenvalue weighted by Gasteiger charge is 2.27. The summed E-state index contributed by atoms with van der Waals surface area (Å²) >= 11 is 0. The Morgan fingerprint density at radius 3 is 2.48 bits per heavy atom.